The summed E-state index contributed by atoms with van der Waals surface area (Å²) in [7, 11) is 0. The molecule has 0 saturated carbocycles. The minimum atomic E-state index is 0.249. The molecule has 0 amide bonds. The molecule has 2 saturated heterocycles. The van der Waals surface area contributed by atoms with Gasteiger partial charge in [0.2, 0.25) is 0 Å². The van der Waals surface area contributed by atoms with Gasteiger partial charge in [-0.25, -0.2) is 4.98 Å². The first-order valence-electron chi connectivity index (χ1n) is 7.04. The molecule has 2 atom stereocenters. The van der Waals surface area contributed by atoms with Crippen molar-refractivity contribution in [3.63, 3.8) is 0 Å². The van der Waals surface area contributed by atoms with Crippen LogP contribution in [-0.4, -0.2) is 48.3 Å². The number of pyridine rings is 1. The molecule has 3 N–H and O–H groups in total. The van der Waals surface area contributed by atoms with Crippen molar-refractivity contribution >= 4 is 11.5 Å². The summed E-state index contributed by atoms with van der Waals surface area (Å²) in [6.45, 7) is 5.87. The zero-order chi connectivity index (χ0) is 13.2. The highest BCUT2D eigenvalue weighted by molar-refractivity contribution is 5.53. The molecular formula is C14H22N4O. The van der Waals surface area contributed by atoms with Gasteiger partial charge in [-0.1, -0.05) is 0 Å². The highest BCUT2D eigenvalue weighted by Gasteiger charge is 2.31. The average molecular weight is 262 g/mol. The second kappa shape index (κ2) is 5.35. The first-order valence-corrected chi connectivity index (χ1v) is 7.04. The number of hydrogen-bond donors (Lipinski definition) is 2. The van der Waals surface area contributed by atoms with E-state index < -0.39 is 0 Å². The Morgan fingerprint density at radius 1 is 1.58 bits per heavy atom. The summed E-state index contributed by atoms with van der Waals surface area (Å²) in [5.41, 5.74) is 7.67. The highest BCUT2D eigenvalue weighted by atomic mass is 16.5. The number of nitrogens with zero attached hydrogens (tertiary/aromatic N) is 2. The van der Waals surface area contributed by atoms with Gasteiger partial charge < -0.3 is 15.8 Å². The normalized spacial score (nSPS) is 27.2. The fourth-order valence-corrected chi connectivity index (χ4v) is 2.86. The van der Waals surface area contributed by atoms with Gasteiger partial charge in [-0.2, -0.15) is 0 Å². The molecule has 2 aliphatic rings. The van der Waals surface area contributed by atoms with E-state index in [9.17, 15) is 0 Å². The molecular weight excluding hydrogens is 240 g/mol. The Morgan fingerprint density at radius 3 is 3.32 bits per heavy atom. The van der Waals surface area contributed by atoms with Crippen LogP contribution in [0.1, 0.15) is 18.4 Å². The molecule has 19 heavy (non-hydrogen) atoms. The number of hydrogen-bond acceptors (Lipinski definition) is 5. The van der Waals surface area contributed by atoms with Crippen LogP contribution in [0.4, 0.5) is 11.5 Å². The molecule has 5 nitrogen and oxygen atoms in total. The minimum Gasteiger partial charge on any atom is -0.398 e. The summed E-state index contributed by atoms with van der Waals surface area (Å²) in [6, 6.07) is 2.54. The smallest absolute Gasteiger partial charge is 0.128 e. The lowest BCUT2D eigenvalue weighted by molar-refractivity contribution is -0.0416. The molecule has 5 heteroatoms. The Bertz CT molecular complexity index is 451. The van der Waals surface area contributed by atoms with Crippen molar-refractivity contribution < 1.29 is 4.74 Å². The van der Waals surface area contributed by atoms with E-state index in [4.69, 9.17) is 10.5 Å². The van der Waals surface area contributed by atoms with Gasteiger partial charge in [0.25, 0.3) is 0 Å². The van der Waals surface area contributed by atoms with Crippen molar-refractivity contribution in [2.24, 2.45) is 0 Å². The Kier molecular flexibility index (Phi) is 3.57. The third-order valence-corrected chi connectivity index (χ3v) is 4.12. The fraction of sp³-hybridized carbons (Fsp3) is 0.643. The topological polar surface area (TPSA) is 63.4 Å². The Hall–Kier alpha value is -1.33. The number of nitrogens with one attached hydrogen (secondary N) is 1. The van der Waals surface area contributed by atoms with Crippen LogP contribution in [-0.2, 0) is 4.74 Å². The number of morpholine rings is 1. The third-order valence-electron chi connectivity index (χ3n) is 4.12. The molecule has 1 aromatic rings. The number of nitrogens with two attached hydrogens (primary N) is 1. The van der Waals surface area contributed by atoms with Gasteiger partial charge in [-0.3, -0.25) is 4.90 Å². The molecule has 1 aromatic heterocycles. The quantitative estimate of drug-likeness (QED) is 0.858. The lowest BCUT2D eigenvalue weighted by Gasteiger charge is -2.35. The van der Waals surface area contributed by atoms with Crippen LogP contribution in [0.3, 0.4) is 0 Å². The van der Waals surface area contributed by atoms with E-state index in [1.165, 1.54) is 19.4 Å². The summed E-state index contributed by atoms with van der Waals surface area (Å²) >= 11 is 0. The summed E-state index contributed by atoms with van der Waals surface area (Å²) in [6.07, 6.45) is 4.65. The van der Waals surface area contributed by atoms with Crippen LogP contribution in [0.25, 0.3) is 0 Å². The monoisotopic (exact) mass is 262 g/mol. The number of rotatable bonds is 3. The molecule has 2 aliphatic heterocycles. The fourth-order valence-electron chi connectivity index (χ4n) is 2.86. The average Bonchev–Trinajstić information content (AvgIpc) is 2.87. The van der Waals surface area contributed by atoms with E-state index in [2.05, 4.69) is 15.2 Å². The predicted octanol–water partition coefficient (Wildman–Crippen LogP) is 1.25. The summed E-state index contributed by atoms with van der Waals surface area (Å²) in [5, 5.41) is 3.32. The van der Waals surface area contributed by atoms with Crippen molar-refractivity contribution in [2.45, 2.75) is 31.9 Å². The van der Waals surface area contributed by atoms with Gasteiger partial charge in [0, 0.05) is 37.1 Å². The summed E-state index contributed by atoms with van der Waals surface area (Å²) < 4.78 is 5.90. The maximum absolute atomic E-state index is 5.90. The van der Waals surface area contributed by atoms with Crippen molar-refractivity contribution in [3.8, 4) is 0 Å². The first kappa shape index (κ1) is 12.7. The number of ether oxygens (including phenoxy) is 1. The number of aromatic nitrogens is 1. The van der Waals surface area contributed by atoms with Gasteiger partial charge in [-0.15, -0.1) is 0 Å². The number of nitrogen functional groups attached to an aromatic ring is 1. The Morgan fingerprint density at radius 2 is 2.47 bits per heavy atom. The third kappa shape index (κ3) is 2.82. The molecule has 104 valence electrons. The van der Waals surface area contributed by atoms with Gasteiger partial charge >= 0.3 is 0 Å². The standard InChI is InChI=1S/C14H22N4O/c1-10-6-16-14(5-13(10)15)17-7-12-8-18-4-2-3-11(18)9-19-12/h5-6,11-12H,2-4,7-9H2,1H3,(H3,15,16,17). The van der Waals surface area contributed by atoms with Crippen molar-refractivity contribution in [1.82, 2.24) is 9.88 Å². The van der Waals surface area contributed by atoms with E-state index >= 15 is 0 Å². The SMILES string of the molecule is Cc1cnc(NCC2CN3CCCC3CO2)cc1N. The molecule has 0 spiro atoms. The zero-order valence-electron chi connectivity index (χ0n) is 11.4. The van der Waals surface area contributed by atoms with Crippen LogP contribution in [0.2, 0.25) is 0 Å². The molecule has 2 fully saturated rings. The second-order valence-corrected chi connectivity index (χ2v) is 5.55. The van der Waals surface area contributed by atoms with E-state index in [1.807, 2.05) is 13.0 Å². The van der Waals surface area contributed by atoms with E-state index in [0.717, 1.165) is 36.8 Å². The van der Waals surface area contributed by atoms with Crippen LogP contribution < -0.4 is 11.1 Å². The van der Waals surface area contributed by atoms with Gasteiger partial charge in [0.05, 0.1) is 12.7 Å². The molecule has 2 unspecified atom stereocenters. The van der Waals surface area contributed by atoms with E-state index in [-0.39, 0.29) is 6.10 Å². The van der Waals surface area contributed by atoms with Crippen LogP contribution >= 0.6 is 0 Å². The summed E-state index contributed by atoms with van der Waals surface area (Å²) in [5.74, 6) is 0.829. The maximum Gasteiger partial charge on any atom is 0.128 e. The second-order valence-electron chi connectivity index (χ2n) is 5.55. The molecule has 0 aromatic carbocycles. The molecule has 3 heterocycles. The van der Waals surface area contributed by atoms with Crippen LogP contribution in [0.15, 0.2) is 12.3 Å². The number of fused-ring (bicyclic) bond motifs is 1. The van der Waals surface area contributed by atoms with E-state index in [0.29, 0.717) is 6.04 Å². The zero-order valence-corrected chi connectivity index (χ0v) is 11.4. The molecule has 3 rings (SSSR count). The Balaban J connectivity index is 1.53. The Labute approximate surface area is 114 Å². The van der Waals surface area contributed by atoms with Crippen molar-refractivity contribution in [2.75, 3.05) is 37.3 Å². The van der Waals surface area contributed by atoms with Crippen molar-refractivity contribution in [3.05, 3.63) is 17.8 Å². The first-order chi connectivity index (χ1) is 9.22. The lowest BCUT2D eigenvalue weighted by atomic mass is 10.2. The molecule has 0 radical (unpaired) electrons. The number of anilines is 2. The van der Waals surface area contributed by atoms with Crippen LogP contribution in [0.5, 0.6) is 0 Å². The largest absolute Gasteiger partial charge is 0.398 e. The van der Waals surface area contributed by atoms with Crippen LogP contribution in [0, 0.1) is 6.92 Å². The lowest BCUT2D eigenvalue weighted by Crippen LogP contribution is -2.48. The van der Waals surface area contributed by atoms with Gasteiger partial charge in [0.15, 0.2) is 0 Å². The van der Waals surface area contributed by atoms with Crippen molar-refractivity contribution in [1.29, 1.82) is 0 Å². The number of aryl methyl sites for hydroxylation is 1. The predicted molar refractivity (Wildman–Crippen MR) is 76.2 cm³/mol. The maximum atomic E-state index is 5.90. The van der Waals surface area contributed by atoms with Gasteiger partial charge in [0.1, 0.15) is 5.82 Å². The molecule has 0 aliphatic carbocycles. The summed E-state index contributed by atoms with van der Waals surface area (Å²) in [4.78, 5) is 6.88. The minimum absolute atomic E-state index is 0.249. The van der Waals surface area contributed by atoms with E-state index in [1.54, 1.807) is 6.20 Å². The highest BCUT2D eigenvalue weighted by Crippen LogP contribution is 2.22. The molecule has 0 bridgehead atoms. The van der Waals surface area contributed by atoms with Gasteiger partial charge in [-0.05, 0) is 31.9 Å².